The van der Waals surface area contributed by atoms with Gasteiger partial charge in [-0.2, -0.15) is 0 Å². The number of carbonyl (C=O) groups is 1. The standard InChI is InChI=1S/C24H29F2NO3/c1-16-8-9-18(21(26)14-16)15-29-22-19(6-5-7-20(22)25)17-10-12-27(13-11-17)23(28)30-24(2,3)4/h5-9,14,17H,10-13,15H2,1-4H3. The summed E-state index contributed by atoms with van der Waals surface area (Å²) in [6.45, 7) is 8.34. The first-order valence-electron chi connectivity index (χ1n) is 10.3. The van der Waals surface area contributed by atoms with Crippen LogP contribution in [-0.4, -0.2) is 29.7 Å². The number of likely N-dealkylation sites (tertiary alicyclic amines) is 1. The lowest BCUT2D eigenvalue weighted by Gasteiger charge is -2.34. The minimum Gasteiger partial charge on any atom is -0.485 e. The maximum atomic E-state index is 14.6. The van der Waals surface area contributed by atoms with E-state index in [2.05, 4.69) is 0 Å². The molecule has 0 bridgehead atoms. The summed E-state index contributed by atoms with van der Waals surface area (Å²) in [5.41, 5.74) is 1.42. The number of ether oxygens (including phenoxy) is 2. The zero-order valence-electron chi connectivity index (χ0n) is 18.0. The van der Waals surface area contributed by atoms with E-state index in [9.17, 15) is 13.6 Å². The molecule has 2 aromatic carbocycles. The van der Waals surface area contributed by atoms with E-state index >= 15 is 0 Å². The van der Waals surface area contributed by atoms with Gasteiger partial charge in [-0.3, -0.25) is 0 Å². The molecule has 0 atom stereocenters. The Bertz CT molecular complexity index is 900. The van der Waals surface area contributed by atoms with Crippen molar-refractivity contribution in [2.75, 3.05) is 13.1 Å². The van der Waals surface area contributed by atoms with Crippen LogP contribution in [0.2, 0.25) is 0 Å². The highest BCUT2D eigenvalue weighted by Crippen LogP contribution is 2.36. The number of carbonyl (C=O) groups excluding carboxylic acids is 1. The molecule has 0 N–H and O–H groups in total. The molecule has 0 saturated carbocycles. The number of nitrogens with zero attached hydrogens (tertiary/aromatic N) is 1. The number of hydrogen-bond acceptors (Lipinski definition) is 3. The van der Waals surface area contributed by atoms with Crippen LogP contribution < -0.4 is 4.74 Å². The van der Waals surface area contributed by atoms with Gasteiger partial charge in [0.25, 0.3) is 0 Å². The number of para-hydroxylation sites is 1. The summed E-state index contributed by atoms with van der Waals surface area (Å²) in [7, 11) is 0. The summed E-state index contributed by atoms with van der Waals surface area (Å²) in [6.07, 6.45) is 1.03. The van der Waals surface area contributed by atoms with E-state index in [4.69, 9.17) is 9.47 Å². The van der Waals surface area contributed by atoms with Crippen molar-refractivity contribution in [1.82, 2.24) is 4.90 Å². The van der Waals surface area contributed by atoms with Crippen molar-refractivity contribution >= 4 is 6.09 Å². The molecule has 1 heterocycles. The van der Waals surface area contributed by atoms with Crippen LogP contribution in [0.15, 0.2) is 36.4 Å². The molecule has 162 valence electrons. The Morgan fingerprint density at radius 3 is 2.43 bits per heavy atom. The fourth-order valence-corrected chi connectivity index (χ4v) is 3.62. The second-order valence-electron chi connectivity index (χ2n) is 8.78. The third-order valence-electron chi connectivity index (χ3n) is 5.16. The molecule has 1 amide bonds. The Hall–Kier alpha value is -2.63. The summed E-state index contributed by atoms with van der Waals surface area (Å²) >= 11 is 0. The zero-order valence-corrected chi connectivity index (χ0v) is 18.0. The lowest BCUT2D eigenvalue weighted by Crippen LogP contribution is -2.41. The predicted molar refractivity (Wildman–Crippen MR) is 112 cm³/mol. The lowest BCUT2D eigenvalue weighted by atomic mass is 9.89. The summed E-state index contributed by atoms with van der Waals surface area (Å²) in [4.78, 5) is 14.0. The van der Waals surface area contributed by atoms with Crippen LogP contribution in [0.1, 0.15) is 56.2 Å². The van der Waals surface area contributed by atoms with Crippen LogP contribution in [-0.2, 0) is 11.3 Å². The van der Waals surface area contributed by atoms with E-state index in [1.54, 1.807) is 23.1 Å². The largest absolute Gasteiger partial charge is 0.485 e. The van der Waals surface area contributed by atoms with Crippen LogP contribution in [0.4, 0.5) is 13.6 Å². The van der Waals surface area contributed by atoms with E-state index < -0.39 is 11.4 Å². The number of amides is 1. The second-order valence-corrected chi connectivity index (χ2v) is 8.78. The van der Waals surface area contributed by atoms with Gasteiger partial charge in [0.05, 0.1) is 0 Å². The molecule has 3 rings (SSSR count). The maximum Gasteiger partial charge on any atom is 0.410 e. The van der Waals surface area contributed by atoms with Crippen molar-refractivity contribution in [3.05, 3.63) is 64.7 Å². The fourth-order valence-electron chi connectivity index (χ4n) is 3.62. The van der Waals surface area contributed by atoms with Gasteiger partial charge in [0, 0.05) is 24.2 Å². The number of benzene rings is 2. The van der Waals surface area contributed by atoms with Crippen molar-refractivity contribution in [2.24, 2.45) is 0 Å². The lowest BCUT2D eigenvalue weighted by molar-refractivity contribution is 0.0204. The molecule has 0 aromatic heterocycles. The topological polar surface area (TPSA) is 38.8 Å². The van der Waals surface area contributed by atoms with Crippen LogP contribution in [0, 0.1) is 18.6 Å². The Morgan fingerprint density at radius 1 is 1.10 bits per heavy atom. The number of piperidine rings is 1. The first-order chi connectivity index (χ1) is 14.1. The monoisotopic (exact) mass is 417 g/mol. The molecule has 0 aliphatic carbocycles. The van der Waals surface area contributed by atoms with Gasteiger partial charge >= 0.3 is 6.09 Å². The van der Waals surface area contributed by atoms with E-state index in [1.165, 1.54) is 12.1 Å². The molecular formula is C24H29F2NO3. The van der Waals surface area contributed by atoms with Crippen molar-refractivity contribution in [1.29, 1.82) is 0 Å². The molecule has 0 radical (unpaired) electrons. The summed E-state index contributed by atoms with van der Waals surface area (Å²) < 4.78 is 39.9. The van der Waals surface area contributed by atoms with Gasteiger partial charge in [0.1, 0.15) is 18.0 Å². The summed E-state index contributed by atoms with van der Waals surface area (Å²) in [5.74, 6) is -0.612. The van der Waals surface area contributed by atoms with Crippen LogP contribution >= 0.6 is 0 Å². The Labute approximate surface area is 176 Å². The molecule has 0 unspecified atom stereocenters. The summed E-state index contributed by atoms with van der Waals surface area (Å²) in [6, 6.07) is 9.75. The quantitative estimate of drug-likeness (QED) is 0.615. The van der Waals surface area contributed by atoms with Crippen LogP contribution in [0.5, 0.6) is 5.75 Å². The molecule has 1 aliphatic rings. The van der Waals surface area contributed by atoms with Gasteiger partial charge in [-0.1, -0.05) is 24.3 Å². The third kappa shape index (κ3) is 5.49. The van der Waals surface area contributed by atoms with Gasteiger partial charge < -0.3 is 14.4 Å². The molecule has 4 nitrogen and oxygen atoms in total. The molecule has 30 heavy (non-hydrogen) atoms. The molecule has 2 aromatic rings. The Kier molecular flexibility index (Phi) is 6.64. The molecular weight excluding hydrogens is 388 g/mol. The van der Waals surface area contributed by atoms with E-state index in [-0.39, 0.29) is 30.2 Å². The van der Waals surface area contributed by atoms with Gasteiger partial charge in [-0.05, 0) is 64.2 Å². The SMILES string of the molecule is Cc1ccc(COc2c(F)cccc2C2CCN(C(=O)OC(C)(C)C)CC2)c(F)c1. The minimum atomic E-state index is -0.539. The molecule has 1 aliphatic heterocycles. The van der Waals surface area contributed by atoms with Gasteiger partial charge in [0.2, 0.25) is 0 Å². The second kappa shape index (κ2) is 9.02. The zero-order chi connectivity index (χ0) is 21.9. The van der Waals surface area contributed by atoms with E-state index in [0.717, 1.165) is 11.1 Å². The highest BCUT2D eigenvalue weighted by atomic mass is 19.1. The van der Waals surface area contributed by atoms with E-state index in [1.807, 2.05) is 33.8 Å². The fraction of sp³-hybridized carbons (Fsp3) is 0.458. The maximum absolute atomic E-state index is 14.6. The Balaban J connectivity index is 1.69. The average Bonchev–Trinajstić information content (AvgIpc) is 2.67. The summed E-state index contributed by atoms with van der Waals surface area (Å²) in [5, 5.41) is 0. The van der Waals surface area contributed by atoms with Crippen molar-refractivity contribution in [3.8, 4) is 5.75 Å². The third-order valence-corrected chi connectivity index (χ3v) is 5.16. The number of halogens is 2. The van der Waals surface area contributed by atoms with Crippen molar-refractivity contribution < 1.29 is 23.0 Å². The predicted octanol–water partition coefficient (Wildman–Crippen LogP) is 5.97. The number of aryl methyl sites for hydroxylation is 1. The number of rotatable bonds is 4. The molecule has 1 saturated heterocycles. The first-order valence-corrected chi connectivity index (χ1v) is 10.3. The van der Waals surface area contributed by atoms with Gasteiger partial charge in [-0.15, -0.1) is 0 Å². The molecule has 0 spiro atoms. The smallest absolute Gasteiger partial charge is 0.410 e. The van der Waals surface area contributed by atoms with Crippen LogP contribution in [0.3, 0.4) is 0 Å². The highest BCUT2D eigenvalue weighted by molar-refractivity contribution is 5.68. The van der Waals surface area contributed by atoms with Gasteiger partial charge in [0.15, 0.2) is 11.6 Å². The average molecular weight is 417 g/mol. The normalized spacial score (nSPS) is 15.2. The first kappa shape index (κ1) is 22.1. The Morgan fingerprint density at radius 2 is 1.80 bits per heavy atom. The van der Waals surface area contributed by atoms with Gasteiger partial charge in [-0.25, -0.2) is 13.6 Å². The minimum absolute atomic E-state index is 0.0448. The van der Waals surface area contributed by atoms with Crippen molar-refractivity contribution in [2.45, 2.75) is 58.7 Å². The van der Waals surface area contributed by atoms with Crippen molar-refractivity contribution in [3.63, 3.8) is 0 Å². The van der Waals surface area contributed by atoms with E-state index in [0.29, 0.717) is 31.5 Å². The molecule has 6 heteroatoms. The molecule has 1 fully saturated rings. The number of hydrogen-bond donors (Lipinski definition) is 0. The van der Waals surface area contributed by atoms with Crippen LogP contribution in [0.25, 0.3) is 0 Å². The highest BCUT2D eigenvalue weighted by Gasteiger charge is 2.29.